The summed E-state index contributed by atoms with van der Waals surface area (Å²) in [5, 5.41) is 2.63. The Balaban J connectivity index is 2.18. The number of carbonyl (C=O) groups excluding carboxylic acids is 2. The largest absolute Gasteiger partial charge is 0.497 e. The molecule has 0 radical (unpaired) electrons. The van der Waals surface area contributed by atoms with Gasteiger partial charge in [-0.05, 0) is 61.7 Å². The third-order valence-corrected chi connectivity index (χ3v) is 6.90. The average molecular weight is 520 g/mol. The number of ether oxygens (including phenoxy) is 2. The zero-order valence-corrected chi connectivity index (χ0v) is 22.5. The van der Waals surface area contributed by atoms with Gasteiger partial charge in [-0.25, -0.2) is 8.42 Å². The summed E-state index contributed by atoms with van der Waals surface area (Å²) in [6, 6.07) is 13.5. The molecule has 36 heavy (non-hydrogen) atoms. The van der Waals surface area contributed by atoms with E-state index in [1.165, 1.54) is 4.31 Å². The van der Waals surface area contributed by atoms with Gasteiger partial charge in [0.2, 0.25) is 21.8 Å². The maximum absolute atomic E-state index is 13.3. The molecule has 1 atom stereocenters. The molecule has 0 bridgehead atoms. The Morgan fingerprint density at radius 2 is 1.75 bits per heavy atom. The fourth-order valence-corrected chi connectivity index (χ4v) is 4.90. The number of methoxy groups -OCH3 is 1. The number of hydrogen-bond donors (Lipinski definition) is 1. The molecule has 2 amide bonds. The molecule has 2 aromatic carbocycles. The van der Waals surface area contributed by atoms with Gasteiger partial charge in [-0.2, -0.15) is 0 Å². The number of hydrogen-bond acceptors (Lipinski definition) is 6. The van der Waals surface area contributed by atoms with Gasteiger partial charge in [-0.3, -0.25) is 13.9 Å². The molecule has 0 spiro atoms. The van der Waals surface area contributed by atoms with Crippen molar-refractivity contribution in [3.63, 3.8) is 0 Å². The fourth-order valence-electron chi connectivity index (χ4n) is 3.93. The van der Waals surface area contributed by atoms with Gasteiger partial charge in [0.15, 0.2) is 0 Å². The maximum Gasteiger partial charge on any atom is 0.242 e. The molecular formula is C26H37N3O6S. The number of sulfonamides is 1. The van der Waals surface area contributed by atoms with Crippen molar-refractivity contribution >= 4 is 27.5 Å². The highest BCUT2D eigenvalue weighted by Gasteiger charge is 2.28. The van der Waals surface area contributed by atoms with Gasteiger partial charge >= 0.3 is 0 Å². The van der Waals surface area contributed by atoms with Crippen LogP contribution < -0.4 is 19.1 Å². The first-order chi connectivity index (χ1) is 17.1. The van der Waals surface area contributed by atoms with Crippen molar-refractivity contribution in [3.05, 3.63) is 54.1 Å². The van der Waals surface area contributed by atoms with Gasteiger partial charge in [0.05, 0.1) is 25.7 Å². The van der Waals surface area contributed by atoms with Crippen molar-refractivity contribution in [2.45, 2.75) is 45.7 Å². The Labute approximate surface area is 214 Å². The van der Waals surface area contributed by atoms with Crippen LogP contribution in [0.15, 0.2) is 48.5 Å². The van der Waals surface area contributed by atoms with Crippen molar-refractivity contribution in [2.24, 2.45) is 0 Å². The maximum atomic E-state index is 13.3. The molecule has 0 heterocycles. The van der Waals surface area contributed by atoms with E-state index >= 15 is 0 Å². The zero-order chi connectivity index (χ0) is 26.7. The smallest absolute Gasteiger partial charge is 0.242 e. The Hall–Kier alpha value is -3.27. The van der Waals surface area contributed by atoms with Crippen LogP contribution in [-0.2, 0) is 26.2 Å². The summed E-state index contributed by atoms with van der Waals surface area (Å²) < 4.78 is 36.9. The van der Waals surface area contributed by atoms with Crippen LogP contribution in [0.3, 0.4) is 0 Å². The molecular weight excluding hydrogens is 482 g/mol. The van der Waals surface area contributed by atoms with Crippen LogP contribution in [0.25, 0.3) is 0 Å². The summed E-state index contributed by atoms with van der Waals surface area (Å²) in [6.45, 7) is 4.60. The molecule has 10 heteroatoms. The summed E-state index contributed by atoms with van der Waals surface area (Å²) in [4.78, 5) is 27.4. The van der Waals surface area contributed by atoms with E-state index in [2.05, 4.69) is 5.32 Å². The lowest BCUT2D eigenvalue weighted by Gasteiger charge is -2.31. The zero-order valence-electron chi connectivity index (χ0n) is 21.7. The molecule has 2 aromatic rings. The normalized spacial score (nSPS) is 11.9. The van der Waals surface area contributed by atoms with Gasteiger partial charge in [-0.15, -0.1) is 0 Å². The van der Waals surface area contributed by atoms with Gasteiger partial charge in [0.1, 0.15) is 17.5 Å². The first-order valence-corrected chi connectivity index (χ1v) is 13.8. The van der Waals surface area contributed by atoms with Gasteiger partial charge in [-0.1, -0.05) is 19.1 Å². The third kappa shape index (κ3) is 8.15. The van der Waals surface area contributed by atoms with Crippen LogP contribution in [0.5, 0.6) is 11.5 Å². The molecule has 0 aromatic heterocycles. The second-order valence-corrected chi connectivity index (χ2v) is 10.2. The minimum atomic E-state index is -3.57. The molecule has 0 aliphatic rings. The second-order valence-electron chi connectivity index (χ2n) is 8.28. The number of likely N-dealkylation sites (N-methyl/N-ethyl adjacent to an activating group) is 1. The molecule has 0 saturated heterocycles. The predicted octanol–water partition coefficient (Wildman–Crippen LogP) is 3.19. The number of amides is 2. The van der Waals surface area contributed by atoms with Crippen molar-refractivity contribution < 1.29 is 27.5 Å². The first kappa shape index (κ1) is 29.0. The summed E-state index contributed by atoms with van der Waals surface area (Å²) in [7, 11) is -0.456. The predicted molar refractivity (Wildman–Crippen MR) is 141 cm³/mol. The SMILES string of the molecule is CCOc1ccc(N(CCCC(=O)N(Cc2cccc(OC)c2)[C@H](CC)C(=O)NC)S(C)(=O)=O)cc1. The topological polar surface area (TPSA) is 105 Å². The molecule has 1 N–H and O–H groups in total. The monoisotopic (exact) mass is 519 g/mol. The number of nitrogens with zero attached hydrogens (tertiary/aromatic N) is 2. The lowest BCUT2D eigenvalue weighted by molar-refractivity contribution is -0.141. The molecule has 0 fully saturated rings. The van der Waals surface area contributed by atoms with Crippen LogP contribution in [0, 0.1) is 0 Å². The molecule has 0 unspecified atom stereocenters. The second kappa shape index (κ2) is 13.7. The van der Waals surface area contributed by atoms with Crippen molar-refractivity contribution in [3.8, 4) is 11.5 Å². The Morgan fingerprint density at radius 3 is 2.31 bits per heavy atom. The number of anilines is 1. The highest BCUT2D eigenvalue weighted by Crippen LogP contribution is 2.23. The van der Waals surface area contributed by atoms with E-state index in [0.29, 0.717) is 30.2 Å². The number of nitrogens with one attached hydrogen (secondary N) is 1. The fraction of sp³-hybridized carbons (Fsp3) is 0.462. The van der Waals surface area contributed by atoms with E-state index in [0.717, 1.165) is 11.8 Å². The minimum absolute atomic E-state index is 0.0838. The number of benzene rings is 2. The highest BCUT2D eigenvalue weighted by molar-refractivity contribution is 7.92. The third-order valence-electron chi connectivity index (χ3n) is 5.71. The Bertz CT molecular complexity index is 1100. The van der Waals surface area contributed by atoms with E-state index in [1.54, 1.807) is 43.3 Å². The van der Waals surface area contributed by atoms with Crippen LogP contribution in [-0.4, -0.2) is 64.7 Å². The van der Waals surface area contributed by atoms with E-state index < -0.39 is 16.1 Å². The Morgan fingerprint density at radius 1 is 1.06 bits per heavy atom. The van der Waals surface area contributed by atoms with Crippen molar-refractivity contribution in [2.75, 3.05) is 37.9 Å². The number of carbonyl (C=O) groups is 2. The minimum Gasteiger partial charge on any atom is -0.497 e. The molecule has 0 aliphatic carbocycles. The van der Waals surface area contributed by atoms with Crippen LogP contribution in [0.4, 0.5) is 5.69 Å². The summed E-state index contributed by atoms with van der Waals surface area (Å²) in [6.07, 6.45) is 1.95. The summed E-state index contributed by atoms with van der Waals surface area (Å²) in [5.74, 6) is 0.833. The lowest BCUT2D eigenvalue weighted by atomic mass is 10.1. The molecule has 9 nitrogen and oxygen atoms in total. The first-order valence-electron chi connectivity index (χ1n) is 12.0. The van der Waals surface area contributed by atoms with Crippen LogP contribution in [0.2, 0.25) is 0 Å². The standard InChI is InChI=1S/C26H37N3O6S/c1-6-24(26(31)27-3)28(19-20-10-8-11-23(18-20)34-4)25(30)12-9-17-29(36(5,32)33)21-13-15-22(16-14-21)35-7-2/h8,10-11,13-16,18,24H,6-7,9,12,17,19H2,1-5H3,(H,27,31)/t24-/m1/s1. The molecule has 0 saturated carbocycles. The van der Waals surface area contributed by atoms with Gasteiger partial charge in [0.25, 0.3) is 0 Å². The number of rotatable bonds is 14. The van der Waals surface area contributed by atoms with Crippen LogP contribution in [0.1, 0.15) is 38.7 Å². The van der Waals surface area contributed by atoms with Gasteiger partial charge < -0.3 is 19.7 Å². The quantitative estimate of drug-likeness (QED) is 0.411. The molecule has 2 rings (SSSR count). The lowest BCUT2D eigenvalue weighted by Crippen LogP contribution is -2.48. The molecule has 0 aliphatic heterocycles. The van der Waals surface area contributed by atoms with Gasteiger partial charge in [0, 0.05) is 26.6 Å². The van der Waals surface area contributed by atoms with E-state index in [9.17, 15) is 18.0 Å². The summed E-state index contributed by atoms with van der Waals surface area (Å²) >= 11 is 0. The van der Waals surface area contributed by atoms with E-state index in [1.807, 2.05) is 38.1 Å². The van der Waals surface area contributed by atoms with E-state index in [-0.39, 0.29) is 37.7 Å². The Kier molecular flexibility index (Phi) is 11.0. The van der Waals surface area contributed by atoms with Crippen molar-refractivity contribution in [1.82, 2.24) is 10.2 Å². The van der Waals surface area contributed by atoms with E-state index in [4.69, 9.17) is 9.47 Å². The van der Waals surface area contributed by atoms with Crippen molar-refractivity contribution in [1.29, 1.82) is 0 Å². The summed E-state index contributed by atoms with van der Waals surface area (Å²) in [5.41, 5.74) is 1.33. The van der Waals surface area contributed by atoms with Crippen LogP contribution >= 0.6 is 0 Å². The highest BCUT2D eigenvalue weighted by atomic mass is 32.2. The molecule has 198 valence electrons. The average Bonchev–Trinajstić information content (AvgIpc) is 2.86.